The molecule has 0 bridgehead atoms. The molecule has 1 atom stereocenters. The molecule has 1 aromatic heterocycles. The Morgan fingerprint density at radius 1 is 1.36 bits per heavy atom. The van der Waals surface area contributed by atoms with E-state index in [2.05, 4.69) is 24.0 Å². The average Bonchev–Trinajstić information content (AvgIpc) is 2.48. The Bertz CT molecular complexity index is 358. The summed E-state index contributed by atoms with van der Waals surface area (Å²) in [6, 6.07) is 0.160. The molecular formula is C9H17N3OS. The van der Waals surface area contributed by atoms with Crippen LogP contribution in [0.15, 0.2) is 4.79 Å². The third-order valence-electron chi connectivity index (χ3n) is 2.85. The van der Waals surface area contributed by atoms with Gasteiger partial charge < -0.3 is 0 Å². The zero-order valence-corrected chi connectivity index (χ0v) is 9.65. The van der Waals surface area contributed by atoms with Crippen molar-refractivity contribution in [3.05, 3.63) is 15.3 Å². The van der Waals surface area contributed by atoms with Crippen molar-refractivity contribution in [2.75, 3.05) is 0 Å². The molecule has 0 saturated carbocycles. The summed E-state index contributed by atoms with van der Waals surface area (Å²) in [5, 5.41) is 5.16. The third kappa shape index (κ3) is 1.97. The smallest absolute Gasteiger partial charge is 0.272 e. The summed E-state index contributed by atoms with van der Waals surface area (Å²) in [5.41, 5.74) is -0.144. The van der Waals surface area contributed by atoms with Gasteiger partial charge in [-0.25, -0.2) is 9.89 Å². The molecular weight excluding hydrogens is 198 g/mol. The van der Waals surface area contributed by atoms with Gasteiger partial charge in [0.05, 0.1) is 0 Å². The molecule has 0 aliphatic carbocycles. The van der Waals surface area contributed by atoms with Gasteiger partial charge in [-0.15, -0.1) is 0 Å². The zero-order chi connectivity index (χ0) is 10.7. The molecule has 1 rings (SSSR count). The normalized spacial score (nSPS) is 13.4. The van der Waals surface area contributed by atoms with Crippen LogP contribution in [0.5, 0.6) is 0 Å². The molecule has 4 nitrogen and oxygen atoms in total. The second-order valence-corrected chi connectivity index (χ2v) is 3.93. The van der Waals surface area contributed by atoms with E-state index in [1.54, 1.807) is 4.57 Å². The number of hydrogen-bond acceptors (Lipinski definition) is 2. The monoisotopic (exact) mass is 215 g/mol. The predicted octanol–water partition coefficient (Wildman–Crippen LogP) is 2.23. The molecule has 0 aliphatic heterocycles. The van der Waals surface area contributed by atoms with Crippen molar-refractivity contribution in [2.24, 2.45) is 5.92 Å². The topological polar surface area (TPSA) is 53.6 Å². The lowest BCUT2D eigenvalue weighted by Gasteiger charge is -2.21. The Hall–Kier alpha value is -0.840. The van der Waals surface area contributed by atoms with Crippen molar-refractivity contribution in [3.8, 4) is 0 Å². The fourth-order valence-corrected chi connectivity index (χ4v) is 2.17. The Morgan fingerprint density at radius 2 is 1.93 bits per heavy atom. The van der Waals surface area contributed by atoms with Crippen LogP contribution in [0.3, 0.4) is 0 Å². The van der Waals surface area contributed by atoms with Gasteiger partial charge in [-0.1, -0.05) is 26.7 Å². The van der Waals surface area contributed by atoms with E-state index in [9.17, 15) is 4.79 Å². The van der Waals surface area contributed by atoms with Crippen LogP contribution in [-0.4, -0.2) is 14.8 Å². The number of hydrogen-bond donors (Lipinski definition) is 2. The molecule has 1 heterocycles. The van der Waals surface area contributed by atoms with Crippen LogP contribution in [-0.2, 0) is 0 Å². The van der Waals surface area contributed by atoms with Gasteiger partial charge in [-0.3, -0.25) is 9.67 Å². The summed E-state index contributed by atoms with van der Waals surface area (Å²) in [6.07, 6.45) is 2.12. The van der Waals surface area contributed by atoms with Crippen LogP contribution in [0, 0.1) is 10.7 Å². The molecule has 1 aromatic rings. The van der Waals surface area contributed by atoms with Gasteiger partial charge in [-0.05, 0) is 25.1 Å². The lowest BCUT2D eigenvalue weighted by Crippen LogP contribution is -2.25. The van der Waals surface area contributed by atoms with Crippen molar-refractivity contribution in [1.82, 2.24) is 14.8 Å². The minimum absolute atomic E-state index is 0.144. The lowest BCUT2D eigenvalue weighted by atomic mass is 9.95. The first-order valence-corrected chi connectivity index (χ1v) is 5.41. The molecule has 5 heteroatoms. The van der Waals surface area contributed by atoms with Crippen molar-refractivity contribution < 1.29 is 0 Å². The summed E-state index contributed by atoms with van der Waals surface area (Å²) in [6.45, 7) is 6.31. The molecule has 80 valence electrons. The van der Waals surface area contributed by atoms with Crippen LogP contribution in [0.25, 0.3) is 0 Å². The fourth-order valence-electron chi connectivity index (χ4n) is 1.87. The zero-order valence-electron chi connectivity index (χ0n) is 8.83. The van der Waals surface area contributed by atoms with Gasteiger partial charge >= 0.3 is 5.69 Å². The molecule has 0 aromatic carbocycles. The maximum Gasteiger partial charge on any atom is 0.342 e. The van der Waals surface area contributed by atoms with E-state index >= 15 is 0 Å². The van der Waals surface area contributed by atoms with E-state index < -0.39 is 0 Å². The highest BCUT2D eigenvalue weighted by Gasteiger charge is 2.17. The lowest BCUT2D eigenvalue weighted by molar-refractivity contribution is 0.325. The molecule has 0 amide bonds. The quantitative estimate of drug-likeness (QED) is 0.757. The Labute approximate surface area is 88.3 Å². The second-order valence-electron chi connectivity index (χ2n) is 3.55. The molecule has 14 heavy (non-hydrogen) atoms. The van der Waals surface area contributed by atoms with Gasteiger partial charge in [0, 0.05) is 6.04 Å². The van der Waals surface area contributed by atoms with E-state index in [1.807, 2.05) is 6.92 Å². The summed E-state index contributed by atoms with van der Waals surface area (Å²) in [7, 11) is 0. The van der Waals surface area contributed by atoms with Gasteiger partial charge in [0.1, 0.15) is 0 Å². The number of aromatic nitrogens is 3. The van der Waals surface area contributed by atoms with Crippen molar-refractivity contribution in [3.63, 3.8) is 0 Å². The Kier molecular flexibility index (Phi) is 3.69. The van der Waals surface area contributed by atoms with Crippen LogP contribution in [0.4, 0.5) is 0 Å². The number of nitrogens with one attached hydrogen (secondary N) is 2. The maximum absolute atomic E-state index is 11.4. The van der Waals surface area contributed by atoms with Crippen molar-refractivity contribution in [2.45, 2.75) is 39.7 Å². The highest BCUT2D eigenvalue weighted by Crippen LogP contribution is 2.22. The maximum atomic E-state index is 11.4. The number of rotatable bonds is 4. The molecule has 0 fully saturated rings. The minimum Gasteiger partial charge on any atom is -0.272 e. The standard InChI is InChI=1S/C9H17N3OS/c1-4-7(5-2)6(3)12-8(13)10-11-9(12)14/h6-7H,4-5H2,1-3H3,(H,10,13)(H,11,14). The van der Waals surface area contributed by atoms with Crippen LogP contribution in [0.2, 0.25) is 0 Å². The van der Waals surface area contributed by atoms with Gasteiger partial charge in [0.25, 0.3) is 0 Å². The van der Waals surface area contributed by atoms with Crippen molar-refractivity contribution >= 4 is 12.2 Å². The first-order valence-electron chi connectivity index (χ1n) is 5.01. The van der Waals surface area contributed by atoms with Crippen LogP contribution >= 0.6 is 12.2 Å². The van der Waals surface area contributed by atoms with Gasteiger partial charge in [0.15, 0.2) is 4.77 Å². The number of aromatic amines is 2. The van der Waals surface area contributed by atoms with E-state index in [-0.39, 0.29) is 11.7 Å². The Morgan fingerprint density at radius 3 is 2.29 bits per heavy atom. The molecule has 0 saturated heterocycles. The van der Waals surface area contributed by atoms with E-state index in [1.165, 1.54) is 0 Å². The average molecular weight is 215 g/mol. The van der Waals surface area contributed by atoms with E-state index in [0.717, 1.165) is 12.8 Å². The molecule has 0 spiro atoms. The highest BCUT2D eigenvalue weighted by atomic mass is 32.1. The van der Waals surface area contributed by atoms with Crippen molar-refractivity contribution in [1.29, 1.82) is 0 Å². The minimum atomic E-state index is -0.144. The number of nitrogens with zero attached hydrogens (tertiary/aromatic N) is 1. The SMILES string of the molecule is CCC(CC)C(C)n1c(=O)[nH][nH]c1=S. The van der Waals surface area contributed by atoms with E-state index in [4.69, 9.17) is 12.2 Å². The third-order valence-corrected chi connectivity index (χ3v) is 3.15. The Balaban J connectivity index is 3.05. The van der Waals surface area contributed by atoms with Gasteiger partial charge in [0.2, 0.25) is 0 Å². The molecule has 1 unspecified atom stereocenters. The molecule has 2 N–H and O–H groups in total. The fraction of sp³-hybridized carbons (Fsp3) is 0.778. The van der Waals surface area contributed by atoms with E-state index in [0.29, 0.717) is 10.7 Å². The largest absolute Gasteiger partial charge is 0.342 e. The molecule has 0 aliphatic rings. The first kappa shape index (κ1) is 11.2. The summed E-state index contributed by atoms with van der Waals surface area (Å²) in [5.74, 6) is 0.499. The predicted molar refractivity (Wildman–Crippen MR) is 59.0 cm³/mol. The summed E-state index contributed by atoms with van der Waals surface area (Å²) in [4.78, 5) is 11.4. The second kappa shape index (κ2) is 4.59. The summed E-state index contributed by atoms with van der Waals surface area (Å²) >= 11 is 5.04. The highest BCUT2D eigenvalue weighted by molar-refractivity contribution is 7.71. The number of H-pyrrole nitrogens is 2. The molecule has 0 radical (unpaired) electrons. The van der Waals surface area contributed by atoms with Crippen LogP contribution in [0.1, 0.15) is 39.7 Å². The first-order chi connectivity index (χ1) is 6.61. The van der Waals surface area contributed by atoms with Crippen LogP contribution < -0.4 is 5.69 Å². The van der Waals surface area contributed by atoms with Gasteiger partial charge in [-0.2, -0.15) is 0 Å². The summed E-state index contributed by atoms with van der Waals surface area (Å²) < 4.78 is 2.10.